The second-order valence-electron chi connectivity index (χ2n) is 5.68. The second-order valence-corrected chi connectivity index (χ2v) is 5.68. The minimum absolute atomic E-state index is 0.118. The molecule has 6 heteroatoms. The first kappa shape index (κ1) is 15.3. The van der Waals surface area contributed by atoms with Crippen LogP contribution in [0.2, 0.25) is 0 Å². The van der Waals surface area contributed by atoms with Gasteiger partial charge in [0.05, 0.1) is 5.56 Å². The van der Waals surface area contributed by atoms with Crippen LogP contribution in [0, 0.1) is 0 Å². The fraction of sp³-hybridized carbons (Fsp3) is 0.158. The van der Waals surface area contributed by atoms with E-state index < -0.39 is 0 Å². The fourth-order valence-corrected chi connectivity index (χ4v) is 2.81. The highest BCUT2D eigenvalue weighted by molar-refractivity contribution is 6.00. The molecule has 0 aliphatic carbocycles. The molecule has 2 heterocycles. The third-order valence-electron chi connectivity index (χ3n) is 4.06. The van der Waals surface area contributed by atoms with E-state index in [0.29, 0.717) is 24.4 Å². The molecular formula is C19H17N3O3. The van der Waals surface area contributed by atoms with Crippen molar-refractivity contribution in [3.63, 3.8) is 0 Å². The summed E-state index contributed by atoms with van der Waals surface area (Å²) in [6.07, 6.45) is 4.12. The average molecular weight is 335 g/mol. The van der Waals surface area contributed by atoms with Crippen molar-refractivity contribution in [1.29, 1.82) is 0 Å². The summed E-state index contributed by atoms with van der Waals surface area (Å²) in [7, 11) is 0. The number of hydrogen-bond donors (Lipinski definition) is 2. The van der Waals surface area contributed by atoms with Crippen molar-refractivity contribution in [2.24, 2.45) is 0 Å². The Hall–Kier alpha value is -3.28. The number of ether oxygens (including phenoxy) is 2. The van der Waals surface area contributed by atoms with Gasteiger partial charge in [0, 0.05) is 24.5 Å². The summed E-state index contributed by atoms with van der Waals surface area (Å²) in [5, 5.41) is 2.96. The minimum atomic E-state index is -0.118. The maximum atomic E-state index is 12.5. The Kier molecular flexibility index (Phi) is 4.08. The van der Waals surface area contributed by atoms with E-state index in [0.717, 1.165) is 22.6 Å². The van der Waals surface area contributed by atoms with Gasteiger partial charge in [-0.1, -0.05) is 24.3 Å². The zero-order valence-corrected chi connectivity index (χ0v) is 13.5. The smallest absolute Gasteiger partial charge is 0.252 e. The Labute approximate surface area is 144 Å². The Morgan fingerprint density at radius 1 is 1.16 bits per heavy atom. The molecule has 1 aliphatic rings. The van der Waals surface area contributed by atoms with E-state index >= 15 is 0 Å². The highest BCUT2D eigenvalue weighted by Gasteiger charge is 2.15. The lowest BCUT2D eigenvalue weighted by Gasteiger charge is -2.09. The van der Waals surface area contributed by atoms with Crippen molar-refractivity contribution in [3.8, 4) is 22.9 Å². The first-order valence-electron chi connectivity index (χ1n) is 8.07. The predicted octanol–water partition coefficient (Wildman–Crippen LogP) is 2.78. The fourth-order valence-electron chi connectivity index (χ4n) is 2.81. The highest BCUT2D eigenvalue weighted by Crippen LogP contribution is 2.32. The number of fused-ring (bicyclic) bond motifs is 1. The van der Waals surface area contributed by atoms with Crippen molar-refractivity contribution >= 4 is 5.91 Å². The molecule has 1 amide bonds. The number of nitrogens with one attached hydrogen (secondary N) is 2. The van der Waals surface area contributed by atoms with Gasteiger partial charge in [0.25, 0.3) is 5.91 Å². The summed E-state index contributed by atoms with van der Waals surface area (Å²) in [5.41, 5.74) is 2.47. The molecule has 0 bridgehead atoms. The Balaban J connectivity index is 1.41. The molecule has 0 saturated heterocycles. The third-order valence-corrected chi connectivity index (χ3v) is 4.06. The molecular weight excluding hydrogens is 318 g/mol. The van der Waals surface area contributed by atoms with E-state index in [2.05, 4.69) is 15.3 Å². The molecule has 0 fully saturated rings. The van der Waals surface area contributed by atoms with Crippen LogP contribution >= 0.6 is 0 Å². The lowest BCUT2D eigenvalue weighted by atomic mass is 10.1. The second kappa shape index (κ2) is 6.68. The van der Waals surface area contributed by atoms with E-state index in [9.17, 15) is 4.79 Å². The highest BCUT2D eigenvalue weighted by atomic mass is 16.7. The monoisotopic (exact) mass is 335 g/mol. The van der Waals surface area contributed by atoms with Crippen LogP contribution in [0.1, 0.15) is 15.9 Å². The van der Waals surface area contributed by atoms with Crippen LogP contribution in [-0.4, -0.2) is 29.2 Å². The van der Waals surface area contributed by atoms with Gasteiger partial charge >= 0.3 is 0 Å². The number of aromatic nitrogens is 2. The van der Waals surface area contributed by atoms with Crippen LogP contribution in [0.15, 0.2) is 54.9 Å². The van der Waals surface area contributed by atoms with Gasteiger partial charge in [-0.3, -0.25) is 4.79 Å². The molecule has 0 atom stereocenters. The lowest BCUT2D eigenvalue weighted by Crippen LogP contribution is -2.26. The van der Waals surface area contributed by atoms with E-state index in [1.807, 2.05) is 36.4 Å². The number of hydrogen-bond acceptors (Lipinski definition) is 4. The molecule has 0 unspecified atom stereocenters. The summed E-state index contributed by atoms with van der Waals surface area (Å²) >= 11 is 0. The van der Waals surface area contributed by atoms with Crippen molar-refractivity contribution in [3.05, 3.63) is 66.0 Å². The molecule has 0 spiro atoms. The molecule has 25 heavy (non-hydrogen) atoms. The number of benzene rings is 2. The Morgan fingerprint density at radius 2 is 2.04 bits per heavy atom. The number of rotatable bonds is 5. The van der Waals surface area contributed by atoms with Crippen LogP contribution < -0.4 is 14.8 Å². The van der Waals surface area contributed by atoms with Gasteiger partial charge in [-0.05, 0) is 30.2 Å². The Morgan fingerprint density at radius 3 is 2.92 bits per heavy atom. The van der Waals surface area contributed by atoms with Gasteiger partial charge in [-0.2, -0.15) is 0 Å². The van der Waals surface area contributed by atoms with Crippen LogP contribution in [0.4, 0.5) is 0 Å². The van der Waals surface area contributed by atoms with Crippen molar-refractivity contribution in [1.82, 2.24) is 15.3 Å². The molecule has 2 aromatic carbocycles. The minimum Gasteiger partial charge on any atom is -0.454 e. The molecule has 6 nitrogen and oxygen atoms in total. The van der Waals surface area contributed by atoms with E-state index in [1.54, 1.807) is 18.5 Å². The first-order chi connectivity index (χ1) is 12.3. The summed E-state index contributed by atoms with van der Waals surface area (Å²) < 4.78 is 10.7. The topological polar surface area (TPSA) is 76.2 Å². The third kappa shape index (κ3) is 3.19. The molecule has 1 aromatic heterocycles. The maximum absolute atomic E-state index is 12.5. The number of imidazole rings is 1. The largest absolute Gasteiger partial charge is 0.454 e. The molecule has 0 saturated carbocycles. The zero-order valence-electron chi connectivity index (χ0n) is 13.5. The molecule has 4 rings (SSSR count). The lowest BCUT2D eigenvalue weighted by molar-refractivity contribution is 0.0954. The summed E-state index contributed by atoms with van der Waals surface area (Å²) in [5.74, 6) is 2.08. The molecule has 1 aliphatic heterocycles. The van der Waals surface area contributed by atoms with E-state index in [-0.39, 0.29) is 12.7 Å². The maximum Gasteiger partial charge on any atom is 0.252 e. The van der Waals surface area contributed by atoms with Gasteiger partial charge < -0.3 is 19.8 Å². The quantitative estimate of drug-likeness (QED) is 0.752. The molecule has 3 aromatic rings. The number of aromatic amines is 1. The summed E-state index contributed by atoms with van der Waals surface area (Å²) in [4.78, 5) is 19.8. The molecule has 0 radical (unpaired) electrons. The Bertz CT molecular complexity index is 891. The van der Waals surface area contributed by atoms with Crippen molar-refractivity contribution < 1.29 is 14.3 Å². The van der Waals surface area contributed by atoms with Crippen molar-refractivity contribution in [2.45, 2.75) is 6.42 Å². The summed E-state index contributed by atoms with van der Waals surface area (Å²) in [6, 6.07) is 13.2. The van der Waals surface area contributed by atoms with Gasteiger partial charge in [0.15, 0.2) is 11.5 Å². The number of carbonyl (C=O) groups is 1. The number of nitrogens with zero attached hydrogens (tertiary/aromatic N) is 1. The zero-order chi connectivity index (χ0) is 17.1. The number of amides is 1. The van der Waals surface area contributed by atoms with Crippen LogP contribution in [0.5, 0.6) is 11.5 Å². The van der Waals surface area contributed by atoms with Gasteiger partial charge in [-0.15, -0.1) is 0 Å². The molecule has 126 valence electrons. The number of carbonyl (C=O) groups excluding carboxylic acids is 1. The SMILES string of the molecule is O=C(NCCc1ccc2c(c1)OCO2)c1ccccc1-c1ncc[nH]1. The van der Waals surface area contributed by atoms with Crippen LogP contribution in [0.3, 0.4) is 0 Å². The predicted molar refractivity (Wildman–Crippen MR) is 92.6 cm³/mol. The van der Waals surface area contributed by atoms with Gasteiger partial charge in [0.1, 0.15) is 5.82 Å². The number of H-pyrrole nitrogens is 1. The van der Waals surface area contributed by atoms with Crippen molar-refractivity contribution in [2.75, 3.05) is 13.3 Å². The van der Waals surface area contributed by atoms with Gasteiger partial charge in [-0.25, -0.2) is 4.98 Å². The van der Waals surface area contributed by atoms with Crippen LogP contribution in [0.25, 0.3) is 11.4 Å². The summed E-state index contributed by atoms with van der Waals surface area (Å²) in [6.45, 7) is 0.796. The first-order valence-corrected chi connectivity index (χ1v) is 8.07. The normalized spacial score (nSPS) is 12.2. The standard InChI is InChI=1S/C19H17N3O3/c23-19(15-4-2-1-3-14(15)18-20-9-10-21-18)22-8-7-13-5-6-16-17(11-13)25-12-24-16/h1-6,9-11H,7-8,12H2,(H,20,21)(H,22,23). The molecule has 2 N–H and O–H groups in total. The van der Waals surface area contributed by atoms with Gasteiger partial charge in [0.2, 0.25) is 6.79 Å². The van der Waals surface area contributed by atoms with Crippen LogP contribution in [-0.2, 0) is 6.42 Å². The van der Waals surface area contributed by atoms with E-state index in [4.69, 9.17) is 9.47 Å². The van der Waals surface area contributed by atoms with E-state index in [1.165, 1.54) is 0 Å². The average Bonchev–Trinajstić information content (AvgIpc) is 3.33.